The number of benzene rings is 1. The molecule has 98 valence electrons. The first-order valence-corrected chi connectivity index (χ1v) is 7.22. The fourth-order valence-corrected chi connectivity index (χ4v) is 3.00. The molecular formula is C14H13ClN2OS. The summed E-state index contributed by atoms with van der Waals surface area (Å²) in [4.78, 5) is 4.51. The standard InChI is InChI=1S/C14H13ClN2OS/c1-8-17-11(7-19-8)13(16-2)12-6-9-4-3-5-10(15)14(9)18-12/h3-7,13,16H,1-2H3. The Morgan fingerprint density at radius 2 is 2.26 bits per heavy atom. The van der Waals surface area contributed by atoms with Gasteiger partial charge in [-0.1, -0.05) is 23.7 Å². The molecule has 0 saturated carbocycles. The molecule has 1 aromatic carbocycles. The van der Waals surface area contributed by atoms with Gasteiger partial charge in [-0.25, -0.2) is 4.98 Å². The van der Waals surface area contributed by atoms with Crippen molar-refractivity contribution < 1.29 is 4.42 Å². The second-order valence-corrected chi connectivity index (χ2v) is 5.79. The molecule has 0 fully saturated rings. The highest BCUT2D eigenvalue weighted by molar-refractivity contribution is 7.09. The molecule has 19 heavy (non-hydrogen) atoms. The van der Waals surface area contributed by atoms with Gasteiger partial charge in [0, 0.05) is 10.8 Å². The highest BCUT2D eigenvalue weighted by Crippen LogP contribution is 2.32. The summed E-state index contributed by atoms with van der Waals surface area (Å²) in [7, 11) is 1.90. The molecule has 0 aliphatic carbocycles. The van der Waals surface area contributed by atoms with Crippen LogP contribution in [-0.4, -0.2) is 12.0 Å². The van der Waals surface area contributed by atoms with Crippen LogP contribution in [0.5, 0.6) is 0 Å². The minimum Gasteiger partial charge on any atom is -0.457 e. The molecule has 0 radical (unpaired) electrons. The monoisotopic (exact) mass is 292 g/mol. The number of nitrogens with one attached hydrogen (secondary N) is 1. The van der Waals surface area contributed by atoms with Gasteiger partial charge in [-0.05, 0) is 26.1 Å². The topological polar surface area (TPSA) is 38.1 Å². The van der Waals surface area contributed by atoms with Gasteiger partial charge >= 0.3 is 0 Å². The average molecular weight is 293 g/mol. The first-order chi connectivity index (χ1) is 9.19. The van der Waals surface area contributed by atoms with Gasteiger partial charge in [0.1, 0.15) is 11.8 Å². The molecule has 0 bridgehead atoms. The minimum atomic E-state index is -0.0478. The van der Waals surface area contributed by atoms with Gasteiger partial charge in [0.25, 0.3) is 0 Å². The van der Waals surface area contributed by atoms with Crippen molar-refractivity contribution in [3.63, 3.8) is 0 Å². The zero-order valence-electron chi connectivity index (χ0n) is 10.6. The van der Waals surface area contributed by atoms with Crippen LogP contribution in [0.4, 0.5) is 0 Å². The lowest BCUT2D eigenvalue weighted by molar-refractivity contribution is 0.487. The van der Waals surface area contributed by atoms with Crippen molar-refractivity contribution in [3.8, 4) is 0 Å². The lowest BCUT2D eigenvalue weighted by Gasteiger charge is -2.10. The van der Waals surface area contributed by atoms with Gasteiger partial charge in [0.05, 0.1) is 15.7 Å². The molecule has 0 aliphatic heterocycles. The van der Waals surface area contributed by atoms with Crippen molar-refractivity contribution in [2.45, 2.75) is 13.0 Å². The van der Waals surface area contributed by atoms with Crippen LogP contribution in [0.1, 0.15) is 22.5 Å². The van der Waals surface area contributed by atoms with E-state index in [2.05, 4.69) is 10.3 Å². The largest absolute Gasteiger partial charge is 0.457 e. The Bertz CT molecular complexity index is 719. The smallest absolute Gasteiger partial charge is 0.152 e. The van der Waals surface area contributed by atoms with Crippen LogP contribution in [0.15, 0.2) is 34.1 Å². The van der Waals surface area contributed by atoms with Crippen LogP contribution >= 0.6 is 22.9 Å². The van der Waals surface area contributed by atoms with Crippen molar-refractivity contribution in [2.24, 2.45) is 0 Å². The van der Waals surface area contributed by atoms with E-state index >= 15 is 0 Å². The van der Waals surface area contributed by atoms with Crippen LogP contribution in [0.3, 0.4) is 0 Å². The highest BCUT2D eigenvalue weighted by atomic mass is 35.5. The molecule has 1 unspecified atom stereocenters. The number of halogens is 1. The average Bonchev–Trinajstić information content (AvgIpc) is 2.98. The molecule has 2 heterocycles. The molecule has 3 nitrogen and oxygen atoms in total. The molecule has 0 amide bonds. The summed E-state index contributed by atoms with van der Waals surface area (Å²) in [6, 6.07) is 7.71. The maximum Gasteiger partial charge on any atom is 0.152 e. The van der Waals surface area contributed by atoms with Crippen molar-refractivity contribution in [1.82, 2.24) is 10.3 Å². The molecule has 3 aromatic rings. The molecule has 1 N–H and O–H groups in total. The zero-order chi connectivity index (χ0) is 13.4. The van der Waals surface area contributed by atoms with Gasteiger partial charge in [0.15, 0.2) is 5.58 Å². The van der Waals surface area contributed by atoms with Gasteiger partial charge in [0.2, 0.25) is 0 Å². The number of thiazole rings is 1. The van der Waals surface area contributed by atoms with E-state index in [-0.39, 0.29) is 6.04 Å². The summed E-state index contributed by atoms with van der Waals surface area (Å²) in [6.45, 7) is 2.00. The number of aryl methyl sites for hydroxylation is 1. The number of aromatic nitrogens is 1. The fourth-order valence-electron chi connectivity index (χ4n) is 2.14. The van der Waals surface area contributed by atoms with Crippen molar-refractivity contribution >= 4 is 33.9 Å². The number of rotatable bonds is 3. The molecular weight excluding hydrogens is 280 g/mol. The summed E-state index contributed by atoms with van der Waals surface area (Å²) in [5.41, 5.74) is 1.70. The molecule has 0 aliphatic rings. The third-order valence-corrected chi connectivity index (χ3v) is 4.11. The lowest BCUT2D eigenvalue weighted by atomic mass is 10.1. The second kappa shape index (κ2) is 4.96. The molecule has 3 rings (SSSR count). The van der Waals surface area contributed by atoms with Crippen LogP contribution in [0.25, 0.3) is 11.0 Å². The van der Waals surface area contributed by atoms with Gasteiger partial charge in [-0.15, -0.1) is 11.3 Å². The number of furan rings is 1. The summed E-state index contributed by atoms with van der Waals surface area (Å²) >= 11 is 7.77. The van der Waals surface area contributed by atoms with E-state index in [4.69, 9.17) is 16.0 Å². The maximum atomic E-state index is 6.14. The Hall–Kier alpha value is -1.36. The lowest BCUT2D eigenvalue weighted by Crippen LogP contribution is -2.17. The summed E-state index contributed by atoms with van der Waals surface area (Å²) in [5.74, 6) is 0.830. The number of fused-ring (bicyclic) bond motifs is 1. The van der Waals surface area contributed by atoms with E-state index in [1.165, 1.54) is 0 Å². The van der Waals surface area contributed by atoms with Crippen LogP contribution < -0.4 is 5.32 Å². The summed E-state index contributed by atoms with van der Waals surface area (Å²) < 4.78 is 5.89. The van der Waals surface area contributed by atoms with E-state index in [9.17, 15) is 0 Å². The van der Waals surface area contributed by atoms with Gasteiger partial charge < -0.3 is 9.73 Å². The van der Waals surface area contributed by atoms with E-state index in [0.29, 0.717) is 5.02 Å². The normalized spacial score (nSPS) is 13.0. The zero-order valence-corrected chi connectivity index (χ0v) is 12.2. The highest BCUT2D eigenvalue weighted by Gasteiger charge is 2.19. The Morgan fingerprint density at radius 3 is 2.89 bits per heavy atom. The summed E-state index contributed by atoms with van der Waals surface area (Å²) in [6.07, 6.45) is 0. The number of hydrogen-bond donors (Lipinski definition) is 1. The summed E-state index contributed by atoms with van der Waals surface area (Å²) in [5, 5.41) is 7.97. The quantitative estimate of drug-likeness (QED) is 0.788. The molecule has 2 aromatic heterocycles. The maximum absolute atomic E-state index is 6.14. The van der Waals surface area contributed by atoms with E-state index in [1.54, 1.807) is 11.3 Å². The third kappa shape index (κ3) is 2.27. The minimum absolute atomic E-state index is 0.0478. The molecule has 5 heteroatoms. The predicted molar refractivity (Wildman–Crippen MR) is 79.0 cm³/mol. The van der Waals surface area contributed by atoms with Gasteiger partial charge in [-0.3, -0.25) is 0 Å². The predicted octanol–water partition coefficient (Wildman–Crippen LogP) is 4.16. The molecule has 0 saturated heterocycles. The number of para-hydroxylation sites is 1. The van der Waals surface area contributed by atoms with E-state index in [1.807, 2.05) is 43.6 Å². The Labute approximate surface area is 120 Å². The third-order valence-electron chi connectivity index (χ3n) is 3.02. The first kappa shape index (κ1) is 12.7. The first-order valence-electron chi connectivity index (χ1n) is 5.96. The second-order valence-electron chi connectivity index (χ2n) is 4.32. The van der Waals surface area contributed by atoms with Crippen molar-refractivity contribution in [3.05, 3.63) is 51.1 Å². The molecule has 0 spiro atoms. The van der Waals surface area contributed by atoms with Crippen molar-refractivity contribution in [1.29, 1.82) is 0 Å². The van der Waals surface area contributed by atoms with Crippen LogP contribution in [-0.2, 0) is 0 Å². The van der Waals surface area contributed by atoms with E-state index in [0.717, 1.165) is 27.4 Å². The Balaban J connectivity index is 2.09. The van der Waals surface area contributed by atoms with Crippen molar-refractivity contribution in [2.75, 3.05) is 7.05 Å². The Kier molecular flexibility index (Phi) is 3.31. The fraction of sp³-hybridized carbons (Fsp3) is 0.214. The van der Waals surface area contributed by atoms with Crippen LogP contribution in [0.2, 0.25) is 5.02 Å². The van der Waals surface area contributed by atoms with Crippen LogP contribution in [0, 0.1) is 6.92 Å². The SMILES string of the molecule is CNC(c1csc(C)n1)c1cc2cccc(Cl)c2o1. The Morgan fingerprint density at radius 1 is 1.42 bits per heavy atom. The number of nitrogens with zero attached hydrogens (tertiary/aromatic N) is 1. The van der Waals surface area contributed by atoms with Gasteiger partial charge in [-0.2, -0.15) is 0 Å². The van der Waals surface area contributed by atoms with E-state index < -0.39 is 0 Å². The molecule has 1 atom stereocenters. The number of hydrogen-bond acceptors (Lipinski definition) is 4.